The summed E-state index contributed by atoms with van der Waals surface area (Å²) in [6, 6.07) is 0.261. The molecular formula is C19H33IN6OS. The van der Waals surface area contributed by atoms with Gasteiger partial charge in [-0.1, -0.05) is 19.3 Å². The fourth-order valence-electron chi connectivity index (χ4n) is 3.83. The van der Waals surface area contributed by atoms with Crippen molar-refractivity contribution in [2.45, 2.75) is 51.1 Å². The van der Waals surface area contributed by atoms with Crippen LogP contribution in [0, 0.1) is 5.92 Å². The molecule has 1 saturated carbocycles. The van der Waals surface area contributed by atoms with E-state index in [0.717, 1.165) is 49.1 Å². The summed E-state index contributed by atoms with van der Waals surface area (Å²) in [5.74, 6) is 1.39. The normalized spacial score (nSPS) is 20.6. The molecule has 158 valence electrons. The Morgan fingerprint density at radius 3 is 2.71 bits per heavy atom. The van der Waals surface area contributed by atoms with Crippen molar-refractivity contribution in [1.82, 2.24) is 20.5 Å². The lowest BCUT2D eigenvalue weighted by Crippen LogP contribution is -2.45. The number of nitrogens with one attached hydrogen (secondary N) is 2. The highest BCUT2D eigenvalue weighted by Gasteiger charge is 2.31. The van der Waals surface area contributed by atoms with Crippen LogP contribution in [-0.4, -0.2) is 62.0 Å². The zero-order chi connectivity index (χ0) is 19.2. The first kappa shape index (κ1) is 23.2. The minimum absolute atomic E-state index is 0. The molecule has 1 amide bonds. The van der Waals surface area contributed by atoms with Gasteiger partial charge in [-0.25, -0.2) is 4.98 Å². The summed E-state index contributed by atoms with van der Waals surface area (Å²) in [6.07, 6.45) is 6.80. The quantitative estimate of drug-likeness (QED) is 0.355. The number of amides is 1. The second kappa shape index (κ2) is 11.2. The summed E-state index contributed by atoms with van der Waals surface area (Å²) >= 11 is 1.64. The number of anilines is 1. The zero-order valence-corrected chi connectivity index (χ0v) is 20.3. The van der Waals surface area contributed by atoms with Gasteiger partial charge in [0.05, 0.1) is 12.2 Å². The Labute approximate surface area is 189 Å². The SMILES string of the molecule is CN=C(NCc1csc(N(C)C)n1)NC1CCN(C(=O)C2CCCCC2)C1.I. The van der Waals surface area contributed by atoms with E-state index in [1.165, 1.54) is 19.3 Å². The Balaban J connectivity index is 0.00000280. The lowest BCUT2D eigenvalue weighted by Gasteiger charge is -2.26. The molecule has 9 heteroatoms. The van der Waals surface area contributed by atoms with Crippen molar-refractivity contribution in [3.8, 4) is 0 Å². The van der Waals surface area contributed by atoms with Gasteiger partial charge < -0.3 is 20.4 Å². The molecule has 2 heterocycles. The molecule has 1 unspecified atom stereocenters. The van der Waals surface area contributed by atoms with Gasteiger partial charge >= 0.3 is 0 Å². The van der Waals surface area contributed by atoms with Crippen molar-refractivity contribution >= 4 is 52.3 Å². The van der Waals surface area contributed by atoms with Crippen molar-refractivity contribution in [2.24, 2.45) is 10.9 Å². The molecule has 2 N–H and O–H groups in total. The fraction of sp³-hybridized carbons (Fsp3) is 0.737. The van der Waals surface area contributed by atoms with E-state index >= 15 is 0 Å². The lowest BCUT2D eigenvalue weighted by atomic mass is 9.88. The van der Waals surface area contributed by atoms with E-state index in [4.69, 9.17) is 0 Å². The number of carbonyl (C=O) groups is 1. The average Bonchev–Trinajstić information content (AvgIpc) is 3.35. The maximum absolute atomic E-state index is 12.7. The molecule has 1 aromatic rings. The monoisotopic (exact) mass is 520 g/mol. The van der Waals surface area contributed by atoms with Crippen molar-refractivity contribution in [3.63, 3.8) is 0 Å². The Bertz CT molecular complexity index is 659. The van der Waals surface area contributed by atoms with Gasteiger partial charge in [0.2, 0.25) is 5.91 Å². The molecule has 0 spiro atoms. The van der Waals surface area contributed by atoms with Crippen molar-refractivity contribution in [3.05, 3.63) is 11.1 Å². The molecule has 0 radical (unpaired) electrons. The van der Waals surface area contributed by atoms with Crippen LogP contribution in [0.15, 0.2) is 10.4 Å². The number of hydrogen-bond acceptors (Lipinski definition) is 5. The topological polar surface area (TPSA) is 72.9 Å². The predicted molar refractivity (Wildman–Crippen MR) is 127 cm³/mol. The van der Waals surface area contributed by atoms with Crippen LogP contribution in [0.2, 0.25) is 0 Å². The molecule has 1 atom stereocenters. The molecule has 2 aliphatic rings. The molecule has 0 bridgehead atoms. The van der Waals surface area contributed by atoms with Crippen LogP contribution in [0.4, 0.5) is 5.13 Å². The Morgan fingerprint density at radius 1 is 1.32 bits per heavy atom. The predicted octanol–water partition coefficient (Wildman–Crippen LogP) is 2.67. The van der Waals surface area contributed by atoms with Gasteiger partial charge in [0.1, 0.15) is 0 Å². The smallest absolute Gasteiger partial charge is 0.225 e. The van der Waals surface area contributed by atoms with Gasteiger partial charge in [0, 0.05) is 51.6 Å². The number of rotatable bonds is 5. The molecule has 2 fully saturated rings. The summed E-state index contributed by atoms with van der Waals surface area (Å²) in [4.78, 5) is 25.7. The maximum Gasteiger partial charge on any atom is 0.225 e. The lowest BCUT2D eigenvalue weighted by molar-refractivity contribution is -0.135. The van der Waals surface area contributed by atoms with Crippen LogP contribution < -0.4 is 15.5 Å². The number of thiazole rings is 1. The van der Waals surface area contributed by atoms with E-state index in [-0.39, 0.29) is 35.9 Å². The summed E-state index contributed by atoms with van der Waals surface area (Å²) in [5.41, 5.74) is 1.01. The van der Waals surface area contributed by atoms with Crippen LogP contribution in [0.25, 0.3) is 0 Å². The van der Waals surface area contributed by atoms with E-state index in [0.29, 0.717) is 12.5 Å². The molecular weight excluding hydrogens is 487 g/mol. The Hall–Kier alpha value is -1.10. The summed E-state index contributed by atoms with van der Waals surface area (Å²) < 4.78 is 0. The molecule has 1 saturated heterocycles. The van der Waals surface area contributed by atoms with E-state index in [1.807, 2.05) is 23.9 Å². The van der Waals surface area contributed by atoms with Gasteiger partial charge in [0.15, 0.2) is 11.1 Å². The van der Waals surface area contributed by atoms with Gasteiger partial charge in [-0.3, -0.25) is 9.79 Å². The van der Waals surface area contributed by atoms with Gasteiger partial charge in [-0.2, -0.15) is 0 Å². The van der Waals surface area contributed by atoms with E-state index < -0.39 is 0 Å². The summed E-state index contributed by atoms with van der Waals surface area (Å²) in [5, 5.41) is 9.86. The zero-order valence-electron chi connectivity index (χ0n) is 17.1. The number of nitrogens with zero attached hydrogens (tertiary/aromatic N) is 4. The minimum atomic E-state index is 0. The largest absolute Gasteiger partial charge is 0.354 e. The highest BCUT2D eigenvalue weighted by molar-refractivity contribution is 14.0. The Kier molecular flexibility index (Phi) is 9.26. The van der Waals surface area contributed by atoms with Crippen LogP contribution in [0.1, 0.15) is 44.2 Å². The second-order valence-corrected chi connectivity index (χ2v) is 8.53. The third-order valence-corrected chi connectivity index (χ3v) is 6.44. The number of aliphatic imine (C=N–C) groups is 1. The summed E-state index contributed by atoms with van der Waals surface area (Å²) in [7, 11) is 5.77. The molecule has 1 aliphatic carbocycles. The van der Waals surface area contributed by atoms with Gasteiger partial charge in [-0.05, 0) is 19.3 Å². The first-order valence-electron chi connectivity index (χ1n) is 9.94. The van der Waals surface area contributed by atoms with Crippen LogP contribution >= 0.6 is 35.3 Å². The first-order valence-corrected chi connectivity index (χ1v) is 10.8. The summed E-state index contributed by atoms with van der Waals surface area (Å²) in [6.45, 7) is 2.27. The maximum atomic E-state index is 12.7. The van der Waals surface area contributed by atoms with E-state index in [9.17, 15) is 4.79 Å². The highest BCUT2D eigenvalue weighted by Crippen LogP contribution is 2.26. The van der Waals surface area contributed by atoms with Gasteiger partial charge in [-0.15, -0.1) is 35.3 Å². The molecule has 3 rings (SSSR count). The molecule has 0 aromatic carbocycles. The first-order chi connectivity index (χ1) is 13.1. The highest BCUT2D eigenvalue weighted by atomic mass is 127. The fourth-order valence-corrected chi connectivity index (χ4v) is 4.59. The number of halogens is 1. The molecule has 7 nitrogen and oxygen atoms in total. The number of aromatic nitrogens is 1. The standard InChI is InChI=1S/C19H32N6OS.HI/c1-20-18(21-11-16-13-27-19(23-16)24(2)3)22-15-9-10-25(12-15)17(26)14-7-5-4-6-8-14;/h13-15H,4-12H2,1-3H3,(H2,20,21,22);1H. The van der Waals surface area contributed by atoms with Crippen molar-refractivity contribution in [2.75, 3.05) is 39.1 Å². The van der Waals surface area contributed by atoms with Crippen LogP contribution in [0.5, 0.6) is 0 Å². The molecule has 1 aliphatic heterocycles. The second-order valence-electron chi connectivity index (χ2n) is 7.69. The number of carbonyl (C=O) groups excluding carboxylic acids is 1. The third-order valence-electron chi connectivity index (χ3n) is 5.38. The van der Waals surface area contributed by atoms with Gasteiger partial charge in [0.25, 0.3) is 0 Å². The molecule has 1 aromatic heterocycles. The molecule has 28 heavy (non-hydrogen) atoms. The minimum Gasteiger partial charge on any atom is -0.354 e. The van der Waals surface area contributed by atoms with Crippen LogP contribution in [0.3, 0.4) is 0 Å². The van der Waals surface area contributed by atoms with Crippen molar-refractivity contribution in [1.29, 1.82) is 0 Å². The van der Waals surface area contributed by atoms with Crippen molar-refractivity contribution < 1.29 is 4.79 Å². The average molecular weight is 520 g/mol. The number of guanidine groups is 1. The van der Waals surface area contributed by atoms with E-state index in [1.54, 1.807) is 18.4 Å². The van der Waals surface area contributed by atoms with Crippen LogP contribution in [-0.2, 0) is 11.3 Å². The third kappa shape index (κ3) is 6.20. The Morgan fingerprint density at radius 2 is 2.07 bits per heavy atom. The number of likely N-dealkylation sites (tertiary alicyclic amines) is 1. The van der Waals surface area contributed by atoms with E-state index in [2.05, 4.69) is 26.0 Å². The number of hydrogen-bond donors (Lipinski definition) is 2.